The maximum absolute atomic E-state index is 11.5. The summed E-state index contributed by atoms with van der Waals surface area (Å²) in [7, 11) is 0. The summed E-state index contributed by atoms with van der Waals surface area (Å²) in [5, 5.41) is 2.82. The highest BCUT2D eigenvalue weighted by atomic mass is 16.2. The number of hydrogen-bond acceptors (Lipinski definition) is 2. The van der Waals surface area contributed by atoms with Crippen LogP contribution >= 0.6 is 0 Å². The number of primary amides is 1. The number of nitrogens with two attached hydrogens (primary N) is 1. The normalized spacial score (nSPS) is 17.5. The molecule has 1 aliphatic rings. The molecule has 0 spiro atoms. The Bertz CT molecular complexity index is 235. The molecule has 1 heterocycles. The second-order valence-corrected chi connectivity index (χ2v) is 3.90. The highest BCUT2D eigenvalue weighted by Crippen LogP contribution is 2.16. The number of likely N-dealkylation sites (tertiary alicyclic amines) is 1. The fourth-order valence-electron chi connectivity index (χ4n) is 1.71. The van der Waals surface area contributed by atoms with Gasteiger partial charge in [0.1, 0.15) is 0 Å². The van der Waals surface area contributed by atoms with Gasteiger partial charge in [-0.25, -0.2) is 4.79 Å². The van der Waals surface area contributed by atoms with Gasteiger partial charge in [0.05, 0.1) is 0 Å². The van der Waals surface area contributed by atoms with Gasteiger partial charge in [0.25, 0.3) is 0 Å². The van der Waals surface area contributed by atoms with Crippen LogP contribution in [0.25, 0.3) is 0 Å². The summed E-state index contributed by atoms with van der Waals surface area (Å²) in [4.78, 5) is 24.2. The van der Waals surface area contributed by atoms with Gasteiger partial charge in [-0.1, -0.05) is 6.92 Å². The number of carbonyl (C=O) groups is 2. The van der Waals surface area contributed by atoms with E-state index < -0.39 is 0 Å². The molecule has 1 aliphatic heterocycles. The highest BCUT2D eigenvalue weighted by molar-refractivity contribution is 5.78. The molecule has 1 rings (SSSR count). The minimum absolute atomic E-state index is 0.0280. The summed E-state index contributed by atoms with van der Waals surface area (Å²) in [5.74, 6) is -0.302. The molecule has 0 aromatic heterocycles. The van der Waals surface area contributed by atoms with Gasteiger partial charge in [0.2, 0.25) is 5.91 Å². The van der Waals surface area contributed by atoms with Gasteiger partial charge in [-0.05, 0) is 19.3 Å². The lowest BCUT2D eigenvalue weighted by Crippen LogP contribution is -2.46. The van der Waals surface area contributed by atoms with Crippen molar-refractivity contribution in [1.82, 2.24) is 10.2 Å². The molecule has 0 atom stereocenters. The van der Waals surface area contributed by atoms with Crippen molar-refractivity contribution in [2.75, 3.05) is 19.6 Å². The maximum atomic E-state index is 11.5. The standard InChI is InChI=1S/C10H19N3O2/c1-2-5-12-10(15)13-6-3-8(4-7-13)9(11)14/h8H,2-7H2,1H3,(H2,11,14)(H,12,15). The number of rotatable bonds is 3. The highest BCUT2D eigenvalue weighted by Gasteiger charge is 2.25. The van der Waals surface area contributed by atoms with Gasteiger partial charge in [0.15, 0.2) is 0 Å². The minimum atomic E-state index is -0.247. The molecule has 0 unspecified atom stereocenters. The van der Waals surface area contributed by atoms with E-state index in [2.05, 4.69) is 5.32 Å². The van der Waals surface area contributed by atoms with E-state index in [0.29, 0.717) is 32.5 Å². The van der Waals surface area contributed by atoms with Crippen molar-refractivity contribution in [3.05, 3.63) is 0 Å². The van der Waals surface area contributed by atoms with E-state index in [0.717, 1.165) is 6.42 Å². The number of nitrogens with zero attached hydrogens (tertiary/aromatic N) is 1. The Morgan fingerprint density at radius 1 is 1.40 bits per heavy atom. The first-order valence-corrected chi connectivity index (χ1v) is 5.47. The topological polar surface area (TPSA) is 75.4 Å². The zero-order valence-corrected chi connectivity index (χ0v) is 9.16. The van der Waals surface area contributed by atoms with E-state index in [-0.39, 0.29) is 17.9 Å². The fraction of sp³-hybridized carbons (Fsp3) is 0.800. The zero-order chi connectivity index (χ0) is 11.3. The molecule has 0 radical (unpaired) electrons. The summed E-state index contributed by atoms with van der Waals surface area (Å²) in [5.41, 5.74) is 5.21. The van der Waals surface area contributed by atoms with Crippen LogP contribution in [-0.2, 0) is 4.79 Å². The molecule has 3 N–H and O–H groups in total. The van der Waals surface area contributed by atoms with Gasteiger partial charge < -0.3 is 16.0 Å². The van der Waals surface area contributed by atoms with Gasteiger partial charge in [0, 0.05) is 25.6 Å². The van der Waals surface area contributed by atoms with Gasteiger partial charge in [-0.15, -0.1) is 0 Å². The van der Waals surface area contributed by atoms with Gasteiger partial charge in [-0.2, -0.15) is 0 Å². The molecule has 1 fully saturated rings. The van der Waals surface area contributed by atoms with Crippen LogP contribution in [0.1, 0.15) is 26.2 Å². The van der Waals surface area contributed by atoms with Crippen LogP contribution < -0.4 is 11.1 Å². The molecule has 0 saturated carbocycles. The molecule has 0 aromatic carbocycles. The van der Waals surface area contributed by atoms with Crippen LogP contribution in [-0.4, -0.2) is 36.5 Å². The van der Waals surface area contributed by atoms with Crippen molar-refractivity contribution in [2.45, 2.75) is 26.2 Å². The van der Waals surface area contributed by atoms with Crippen molar-refractivity contribution >= 4 is 11.9 Å². The number of amides is 3. The third-order valence-corrected chi connectivity index (χ3v) is 2.71. The zero-order valence-electron chi connectivity index (χ0n) is 9.16. The Morgan fingerprint density at radius 2 is 2.00 bits per heavy atom. The predicted octanol–water partition coefficient (Wildman–Crippen LogP) is 0.303. The van der Waals surface area contributed by atoms with Crippen LogP contribution in [0, 0.1) is 5.92 Å². The Kier molecular flexibility index (Phi) is 4.39. The third kappa shape index (κ3) is 3.42. The smallest absolute Gasteiger partial charge is 0.317 e. The summed E-state index contributed by atoms with van der Waals surface area (Å²) < 4.78 is 0. The lowest BCUT2D eigenvalue weighted by atomic mass is 9.96. The van der Waals surface area contributed by atoms with Crippen molar-refractivity contribution in [3.8, 4) is 0 Å². The SMILES string of the molecule is CCCNC(=O)N1CCC(C(N)=O)CC1. The Morgan fingerprint density at radius 3 is 2.47 bits per heavy atom. The first-order chi connectivity index (χ1) is 7.15. The van der Waals surface area contributed by atoms with E-state index >= 15 is 0 Å². The van der Waals surface area contributed by atoms with Crippen molar-refractivity contribution < 1.29 is 9.59 Å². The Hall–Kier alpha value is -1.26. The molecule has 15 heavy (non-hydrogen) atoms. The summed E-state index contributed by atoms with van der Waals surface area (Å²) in [6.07, 6.45) is 2.31. The molecule has 0 aliphatic carbocycles. The molecule has 3 amide bonds. The second-order valence-electron chi connectivity index (χ2n) is 3.90. The predicted molar refractivity (Wildman–Crippen MR) is 57.2 cm³/mol. The van der Waals surface area contributed by atoms with Crippen LogP contribution in [0.15, 0.2) is 0 Å². The summed E-state index contributed by atoms with van der Waals surface area (Å²) in [6, 6.07) is -0.0280. The van der Waals surface area contributed by atoms with Crippen LogP contribution in [0.2, 0.25) is 0 Å². The molecule has 86 valence electrons. The Balaban J connectivity index is 2.30. The molecule has 1 saturated heterocycles. The fourth-order valence-corrected chi connectivity index (χ4v) is 1.71. The van der Waals surface area contributed by atoms with Crippen molar-refractivity contribution in [1.29, 1.82) is 0 Å². The van der Waals surface area contributed by atoms with Crippen molar-refractivity contribution in [3.63, 3.8) is 0 Å². The molecule has 0 bridgehead atoms. The van der Waals surface area contributed by atoms with E-state index in [9.17, 15) is 9.59 Å². The number of nitrogens with one attached hydrogen (secondary N) is 1. The number of hydrogen-bond donors (Lipinski definition) is 2. The van der Waals surface area contributed by atoms with Crippen LogP contribution in [0.5, 0.6) is 0 Å². The number of carbonyl (C=O) groups excluding carboxylic acids is 2. The molecular formula is C10H19N3O2. The molecule has 5 heteroatoms. The molecule has 5 nitrogen and oxygen atoms in total. The van der Waals surface area contributed by atoms with Gasteiger partial charge >= 0.3 is 6.03 Å². The second kappa shape index (κ2) is 5.58. The lowest BCUT2D eigenvalue weighted by Gasteiger charge is -2.30. The van der Waals surface area contributed by atoms with Gasteiger partial charge in [-0.3, -0.25) is 4.79 Å². The van der Waals surface area contributed by atoms with E-state index in [1.807, 2.05) is 6.92 Å². The average Bonchev–Trinajstić information content (AvgIpc) is 2.26. The summed E-state index contributed by atoms with van der Waals surface area (Å²) >= 11 is 0. The lowest BCUT2D eigenvalue weighted by molar-refractivity contribution is -0.122. The van der Waals surface area contributed by atoms with E-state index in [1.54, 1.807) is 4.90 Å². The van der Waals surface area contributed by atoms with Crippen molar-refractivity contribution in [2.24, 2.45) is 11.7 Å². The first-order valence-electron chi connectivity index (χ1n) is 5.47. The summed E-state index contributed by atoms with van der Waals surface area (Å²) in [6.45, 7) is 3.97. The monoisotopic (exact) mass is 213 g/mol. The average molecular weight is 213 g/mol. The van der Waals surface area contributed by atoms with Crippen LogP contribution in [0.4, 0.5) is 4.79 Å². The first kappa shape index (κ1) is 11.8. The quantitative estimate of drug-likeness (QED) is 0.707. The van der Waals surface area contributed by atoms with E-state index in [4.69, 9.17) is 5.73 Å². The minimum Gasteiger partial charge on any atom is -0.369 e. The maximum Gasteiger partial charge on any atom is 0.317 e. The molecule has 0 aromatic rings. The third-order valence-electron chi connectivity index (χ3n) is 2.71. The molecular weight excluding hydrogens is 194 g/mol. The Labute approximate surface area is 90.0 Å². The largest absolute Gasteiger partial charge is 0.369 e. The van der Waals surface area contributed by atoms with E-state index in [1.165, 1.54) is 0 Å². The number of urea groups is 1. The number of piperidine rings is 1. The van der Waals surface area contributed by atoms with Crippen LogP contribution in [0.3, 0.4) is 0 Å².